The largest absolute Gasteiger partial charge is 0.382 e. The van der Waals surface area contributed by atoms with Crippen LogP contribution in [-0.2, 0) is 4.74 Å². The van der Waals surface area contributed by atoms with Gasteiger partial charge in [0.2, 0.25) is 0 Å². The van der Waals surface area contributed by atoms with E-state index >= 15 is 0 Å². The summed E-state index contributed by atoms with van der Waals surface area (Å²) in [5.74, 6) is -0.253. The van der Waals surface area contributed by atoms with E-state index in [9.17, 15) is 4.39 Å². The number of nitrogens with zero attached hydrogens (tertiary/aromatic N) is 1. The maximum Gasteiger partial charge on any atom is 0.139 e. The van der Waals surface area contributed by atoms with Crippen LogP contribution >= 0.6 is 15.9 Å². The summed E-state index contributed by atoms with van der Waals surface area (Å²) in [5, 5.41) is 3.19. The number of benzene rings is 1. The third-order valence-corrected chi connectivity index (χ3v) is 3.44. The second-order valence-corrected chi connectivity index (χ2v) is 5.12. The number of rotatable bonds is 3. The monoisotopic (exact) mass is 302 g/mol. The molecule has 0 aliphatic carbocycles. The zero-order valence-corrected chi connectivity index (χ0v) is 11.3. The molecule has 1 atom stereocenters. The van der Waals surface area contributed by atoms with Gasteiger partial charge in [-0.1, -0.05) is 0 Å². The van der Waals surface area contributed by atoms with Crippen LogP contribution in [0.5, 0.6) is 0 Å². The lowest BCUT2D eigenvalue weighted by molar-refractivity contribution is -0.0117. The zero-order chi connectivity index (χ0) is 12.3. The van der Waals surface area contributed by atoms with Gasteiger partial charge < -0.3 is 15.0 Å². The molecule has 94 valence electrons. The van der Waals surface area contributed by atoms with Crippen molar-refractivity contribution in [2.45, 2.75) is 6.10 Å². The van der Waals surface area contributed by atoms with Crippen LogP contribution < -0.4 is 5.32 Å². The second-order valence-electron chi connectivity index (χ2n) is 4.26. The number of nitrogens with one attached hydrogen (secondary N) is 1. The summed E-state index contributed by atoms with van der Waals surface area (Å²) < 4.78 is 19.4. The van der Waals surface area contributed by atoms with Gasteiger partial charge in [-0.25, -0.2) is 4.39 Å². The molecule has 2 rings (SSSR count). The van der Waals surface area contributed by atoms with Crippen LogP contribution in [0.3, 0.4) is 0 Å². The Morgan fingerprint density at radius 2 is 2.41 bits per heavy atom. The first-order chi connectivity index (χ1) is 8.15. The Labute approximate surface area is 109 Å². The number of halogens is 2. The maximum atomic E-state index is 13.3. The van der Waals surface area contributed by atoms with Gasteiger partial charge >= 0.3 is 0 Å². The normalized spacial score (nSPS) is 21.5. The summed E-state index contributed by atoms with van der Waals surface area (Å²) in [6.07, 6.45) is 0.167. The van der Waals surface area contributed by atoms with Gasteiger partial charge in [-0.15, -0.1) is 0 Å². The third kappa shape index (κ3) is 3.66. The zero-order valence-electron chi connectivity index (χ0n) is 9.75. The van der Waals surface area contributed by atoms with Crippen molar-refractivity contribution in [3.05, 3.63) is 28.5 Å². The Balaban J connectivity index is 1.86. The summed E-state index contributed by atoms with van der Waals surface area (Å²) >= 11 is 3.13. The fraction of sp³-hybridized carbons (Fsp3) is 0.500. The first kappa shape index (κ1) is 12.8. The molecule has 0 aromatic heterocycles. The summed E-state index contributed by atoms with van der Waals surface area (Å²) in [7, 11) is 2.08. The highest BCUT2D eigenvalue weighted by Gasteiger charge is 2.17. The van der Waals surface area contributed by atoms with E-state index in [-0.39, 0.29) is 11.9 Å². The lowest BCUT2D eigenvalue weighted by Crippen LogP contribution is -2.43. The Hall–Kier alpha value is -0.650. The molecular formula is C12H16BrFN2O. The van der Waals surface area contributed by atoms with E-state index in [1.807, 2.05) is 6.07 Å². The summed E-state index contributed by atoms with van der Waals surface area (Å²) in [6, 6.07) is 5.03. The molecule has 1 aromatic carbocycles. The standard InChI is InChI=1S/C12H16BrFN2O/c1-16-4-5-17-10(8-16)7-15-9-2-3-11(13)12(14)6-9/h2-3,6,10,15H,4-5,7-8H2,1H3. The van der Waals surface area contributed by atoms with E-state index in [1.165, 1.54) is 6.07 Å². The van der Waals surface area contributed by atoms with Crippen molar-refractivity contribution in [3.8, 4) is 0 Å². The quantitative estimate of drug-likeness (QED) is 0.927. The van der Waals surface area contributed by atoms with Crippen LogP contribution in [0.4, 0.5) is 10.1 Å². The van der Waals surface area contributed by atoms with Gasteiger partial charge in [0.05, 0.1) is 17.2 Å². The van der Waals surface area contributed by atoms with Crippen molar-refractivity contribution in [1.82, 2.24) is 4.90 Å². The molecule has 1 heterocycles. The van der Waals surface area contributed by atoms with Crippen LogP contribution in [0.25, 0.3) is 0 Å². The lowest BCUT2D eigenvalue weighted by Gasteiger charge is -2.30. The first-order valence-electron chi connectivity index (χ1n) is 5.64. The minimum absolute atomic E-state index is 0.167. The van der Waals surface area contributed by atoms with Crippen LogP contribution in [0.2, 0.25) is 0 Å². The topological polar surface area (TPSA) is 24.5 Å². The van der Waals surface area contributed by atoms with Crippen molar-refractivity contribution < 1.29 is 9.13 Å². The molecule has 0 radical (unpaired) electrons. The molecule has 1 N–H and O–H groups in total. The molecule has 1 unspecified atom stereocenters. The SMILES string of the molecule is CN1CCOC(CNc2ccc(Br)c(F)c2)C1. The van der Waals surface area contributed by atoms with E-state index in [0.29, 0.717) is 11.0 Å². The Bertz CT molecular complexity index is 389. The average molecular weight is 303 g/mol. The Morgan fingerprint density at radius 1 is 1.59 bits per heavy atom. The number of ether oxygens (including phenoxy) is 1. The highest BCUT2D eigenvalue weighted by Crippen LogP contribution is 2.19. The van der Waals surface area contributed by atoms with E-state index in [4.69, 9.17) is 4.74 Å². The molecule has 17 heavy (non-hydrogen) atoms. The van der Waals surface area contributed by atoms with Crippen LogP contribution in [0.15, 0.2) is 22.7 Å². The van der Waals surface area contributed by atoms with Gasteiger partial charge in [-0.2, -0.15) is 0 Å². The average Bonchev–Trinajstić information content (AvgIpc) is 2.31. The molecule has 0 spiro atoms. The van der Waals surface area contributed by atoms with Gasteiger partial charge in [0.1, 0.15) is 5.82 Å². The minimum Gasteiger partial charge on any atom is -0.382 e. The van der Waals surface area contributed by atoms with Gasteiger partial charge in [0.15, 0.2) is 0 Å². The van der Waals surface area contributed by atoms with E-state index in [0.717, 1.165) is 25.4 Å². The summed E-state index contributed by atoms with van der Waals surface area (Å²) in [4.78, 5) is 2.23. The molecule has 1 saturated heterocycles. The smallest absolute Gasteiger partial charge is 0.139 e. The predicted molar refractivity (Wildman–Crippen MR) is 69.8 cm³/mol. The predicted octanol–water partition coefficient (Wildman–Crippen LogP) is 2.33. The molecular weight excluding hydrogens is 287 g/mol. The van der Waals surface area contributed by atoms with Gasteiger partial charge in [0, 0.05) is 25.3 Å². The van der Waals surface area contributed by atoms with Crippen molar-refractivity contribution in [1.29, 1.82) is 0 Å². The van der Waals surface area contributed by atoms with Gasteiger partial charge in [0.25, 0.3) is 0 Å². The molecule has 0 saturated carbocycles. The number of anilines is 1. The van der Waals surface area contributed by atoms with Crippen LogP contribution in [0.1, 0.15) is 0 Å². The van der Waals surface area contributed by atoms with Crippen molar-refractivity contribution in [3.63, 3.8) is 0 Å². The Kier molecular flexibility index (Phi) is 4.36. The number of hydrogen-bond donors (Lipinski definition) is 1. The van der Waals surface area contributed by atoms with E-state index < -0.39 is 0 Å². The third-order valence-electron chi connectivity index (χ3n) is 2.80. The van der Waals surface area contributed by atoms with Gasteiger partial charge in [-0.3, -0.25) is 0 Å². The highest BCUT2D eigenvalue weighted by molar-refractivity contribution is 9.10. The van der Waals surface area contributed by atoms with Crippen LogP contribution in [0, 0.1) is 5.82 Å². The van der Waals surface area contributed by atoms with E-state index in [1.54, 1.807) is 6.07 Å². The molecule has 0 bridgehead atoms. The molecule has 1 aromatic rings. The van der Waals surface area contributed by atoms with Crippen molar-refractivity contribution in [2.24, 2.45) is 0 Å². The molecule has 0 amide bonds. The maximum absolute atomic E-state index is 13.3. The fourth-order valence-electron chi connectivity index (χ4n) is 1.83. The van der Waals surface area contributed by atoms with Crippen molar-refractivity contribution >= 4 is 21.6 Å². The highest BCUT2D eigenvalue weighted by atomic mass is 79.9. The molecule has 1 aliphatic rings. The fourth-order valence-corrected chi connectivity index (χ4v) is 2.07. The molecule has 1 fully saturated rings. The summed E-state index contributed by atoms with van der Waals surface area (Å²) in [6.45, 7) is 3.35. The molecule has 1 aliphatic heterocycles. The lowest BCUT2D eigenvalue weighted by atomic mass is 10.2. The molecule has 3 nitrogen and oxygen atoms in total. The second kappa shape index (κ2) is 5.80. The van der Waals surface area contributed by atoms with E-state index in [2.05, 4.69) is 33.2 Å². The summed E-state index contributed by atoms with van der Waals surface area (Å²) in [5.41, 5.74) is 0.780. The number of likely N-dealkylation sites (N-methyl/N-ethyl adjacent to an activating group) is 1. The van der Waals surface area contributed by atoms with Crippen LogP contribution in [-0.4, -0.2) is 44.3 Å². The minimum atomic E-state index is -0.253. The molecule has 5 heteroatoms. The number of morpholine rings is 1. The first-order valence-corrected chi connectivity index (χ1v) is 6.43. The van der Waals surface area contributed by atoms with Crippen molar-refractivity contribution in [2.75, 3.05) is 38.6 Å². The Morgan fingerprint density at radius 3 is 3.12 bits per heavy atom. The number of hydrogen-bond acceptors (Lipinski definition) is 3. The van der Waals surface area contributed by atoms with Gasteiger partial charge in [-0.05, 0) is 41.2 Å².